The molecular weight excluding hydrogens is 362 g/mol. The summed E-state index contributed by atoms with van der Waals surface area (Å²) in [4.78, 5) is 11.9. The van der Waals surface area contributed by atoms with Crippen LogP contribution in [0.4, 0.5) is 5.69 Å². The molecule has 2 aromatic carbocycles. The molecule has 0 aliphatic rings. The average Bonchev–Trinajstić information content (AvgIpc) is 2.51. The van der Waals surface area contributed by atoms with Crippen LogP contribution in [0.15, 0.2) is 53.0 Å². The molecule has 0 saturated heterocycles. The molecule has 0 radical (unpaired) electrons. The highest BCUT2D eigenvalue weighted by Gasteiger charge is 2.10. The maximum Gasteiger partial charge on any atom is 0.234 e. The van der Waals surface area contributed by atoms with E-state index in [2.05, 4.69) is 21.2 Å². The molecule has 0 aliphatic heterocycles. The molecule has 0 fully saturated rings. The fraction of sp³-hybridized carbons (Fsp3) is 0.235. The van der Waals surface area contributed by atoms with Crippen LogP contribution in [0.2, 0.25) is 0 Å². The monoisotopic (exact) mass is 379 g/mol. The Hall–Kier alpha value is -1.30. The van der Waals surface area contributed by atoms with Crippen molar-refractivity contribution in [1.82, 2.24) is 0 Å². The summed E-state index contributed by atoms with van der Waals surface area (Å²) in [5.41, 5.74) is 2.70. The minimum Gasteiger partial charge on any atom is -0.388 e. The minimum absolute atomic E-state index is 0.0596. The molecule has 0 spiro atoms. The second-order valence-corrected chi connectivity index (χ2v) is 6.89. The van der Waals surface area contributed by atoms with E-state index >= 15 is 0 Å². The van der Waals surface area contributed by atoms with Crippen molar-refractivity contribution in [1.29, 1.82) is 0 Å². The predicted octanol–water partition coefficient (Wildman–Crippen LogP) is 4.16. The Balaban J connectivity index is 1.78. The van der Waals surface area contributed by atoms with Crippen LogP contribution in [0.25, 0.3) is 0 Å². The van der Waals surface area contributed by atoms with E-state index in [9.17, 15) is 9.90 Å². The number of aliphatic hydroxyl groups is 1. The number of carbonyl (C=O) groups is 1. The SMILES string of the molecule is Cc1cc(Br)ccc1NC(=O)CSCC(O)c1ccccc1. The average molecular weight is 380 g/mol. The van der Waals surface area contributed by atoms with Gasteiger partial charge in [0, 0.05) is 15.9 Å². The van der Waals surface area contributed by atoms with Crippen LogP contribution >= 0.6 is 27.7 Å². The Bertz CT molecular complexity index is 634. The summed E-state index contributed by atoms with van der Waals surface area (Å²) < 4.78 is 0.989. The Labute approximate surface area is 143 Å². The molecule has 1 unspecified atom stereocenters. The van der Waals surface area contributed by atoms with Crippen LogP contribution in [-0.2, 0) is 4.79 Å². The normalized spacial score (nSPS) is 12.0. The molecule has 0 heterocycles. The number of thioether (sulfide) groups is 1. The maximum atomic E-state index is 11.9. The summed E-state index contributed by atoms with van der Waals surface area (Å²) in [6.45, 7) is 1.95. The molecule has 22 heavy (non-hydrogen) atoms. The Morgan fingerprint density at radius 2 is 2.00 bits per heavy atom. The van der Waals surface area contributed by atoms with Gasteiger partial charge in [0.2, 0.25) is 5.91 Å². The Morgan fingerprint density at radius 1 is 1.27 bits per heavy atom. The van der Waals surface area contributed by atoms with Crippen molar-refractivity contribution in [3.63, 3.8) is 0 Å². The summed E-state index contributed by atoms with van der Waals surface area (Å²) in [7, 11) is 0. The molecule has 2 N–H and O–H groups in total. The van der Waals surface area contributed by atoms with E-state index in [1.807, 2.05) is 55.5 Å². The van der Waals surface area contributed by atoms with Gasteiger partial charge in [0.15, 0.2) is 0 Å². The third-order valence-corrected chi connectivity index (χ3v) is 4.67. The lowest BCUT2D eigenvalue weighted by atomic mass is 10.1. The molecule has 5 heteroatoms. The lowest BCUT2D eigenvalue weighted by Gasteiger charge is -2.11. The number of anilines is 1. The first kappa shape index (κ1) is 17.1. The van der Waals surface area contributed by atoms with Gasteiger partial charge in [-0.15, -0.1) is 11.8 Å². The van der Waals surface area contributed by atoms with E-state index in [0.717, 1.165) is 21.3 Å². The van der Waals surface area contributed by atoms with Crippen LogP contribution in [-0.4, -0.2) is 22.5 Å². The zero-order valence-corrected chi connectivity index (χ0v) is 14.7. The van der Waals surface area contributed by atoms with Crippen LogP contribution in [0, 0.1) is 6.92 Å². The van der Waals surface area contributed by atoms with E-state index in [1.165, 1.54) is 11.8 Å². The minimum atomic E-state index is -0.548. The quantitative estimate of drug-likeness (QED) is 0.791. The number of carbonyl (C=O) groups excluding carboxylic acids is 1. The van der Waals surface area contributed by atoms with Gasteiger partial charge in [0.1, 0.15) is 0 Å². The Morgan fingerprint density at radius 3 is 2.68 bits per heavy atom. The van der Waals surface area contributed by atoms with Gasteiger partial charge in [0.05, 0.1) is 11.9 Å². The number of nitrogens with one attached hydrogen (secondary N) is 1. The number of hydrogen-bond donors (Lipinski definition) is 2. The smallest absolute Gasteiger partial charge is 0.234 e. The largest absolute Gasteiger partial charge is 0.388 e. The van der Waals surface area contributed by atoms with Gasteiger partial charge in [-0.3, -0.25) is 4.79 Å². The lowest BCUT2D eigenvalue weighted by Crippen LogP contribution is -2.16. The fourth-order valence-corrected chi connectivity index (χ4v) is 3.25. The van der Waals surface area contributed by atoms with Crippen molar-refractivity contribution in [2.45, 2.75) is 13.0 Å². The van der Waals surface area contributed by atoms with Gasteiger partial charge < -0.3 is 10.4 Å². The molecule has 0 saturated carbocycles. The molecule has 2 rings (SSSR count). The highest BCUT2D eigenvalue weighted by Crippen LogP contribution is 2.21. The molecule has 0 aliphatic carbocycles. The van der Waals surface area contributed by atoms with Gasteiger partial charge in [-0.25, -0.2) is 0 Å². The van der Waals surface area contributed by atoms with Crippen molar-refractivity contribution in [2.24, 2.45) is 0 Å². The predicted molar refractivity (Wildman–Crippen MR) is 96.2 cm³/mol. The van der Waals surface area contributed by atoms with Crippen molar-refractivity contribution in [3.05, 3.63) is 64.1 Å². The van der Waals surface area contributed by atoms with Crippen LogP contribution in [0.5, 0.6) is 0 Å². The van der Waals surface area contributed by atoms with Gasteiger partial charge in [-0.1, -0.05) is 46.3 Å². The van der Waals surface area contributed by atoms with Crippen LogP contribution in [0.3, 0.4) is 0 Å². The van der Waals surface area contributed by atoms with E-state index in [1.54, 1.807) is 0 Å². The van der Waals surface area contributed by atoms with Gasteiger partial charge in [0.25, 0.3) is 0 Å². The number of amides is 1. The Kier molecular flexibility index (Phi) is 6.49. The number of halogens is 1. The van der Waals surface area contributed by atoms with E-state index in [0.29, 0.717) is 11.5 Å². The second kappa shape index (κ2) is 8.36. The van der Waals surface area contributed by atoms with Gasteiger partial charge >= 0.3 is 0 Å². The zero-order valence-electron chi connectivity index (χ0n) is 12.3. The van der Waals surface area contributed by atoms with Crippen LogP contribution < -0.4 is 5.32 Å². The van der Waals surface area contributed by atoms with Gasteiger partial charge in [-0.2, -0.15) is 0 Å². The van der Waals surface area contributed by atoms with Crippen molar-refractivity contribution < 1.29 is 9.90 Å². The van der Waals surface area contributed by atoms with Crippen molar-refractivity contribution >= 4 is 39.3 Å². The van der Waals surface area contributed by atoms with Gasteiger partial charge in [-0.05, 0) is 36.2 Å². The number of hydrogen-bond acceptors (Lipinski definition) is 3. The lowest BCUT2D eigenvalue weighted by molar-refractivity contribution is -0.113. The molecule has 0 aromatic heterocycles. The highest BCUT2D eigenvalue weighted by atomic mass is 79.9. The first-order valence-corrected chi connectivity index (χ1v) is 8.88. The topological polar surface area (TPSA) is 49.3 Å². The molecule has 2 aromatic rings. The third-order valence-electron chi connectivity index (χ3n) is 3.16. The summed E-state index contributed by atoms with van der Waals surface area (Å²) in [5, 5.41) is 12.9. The molecule has 116 valence electrons. The fourth-order valence-electron chi connectivity index (χ4n) is 1.99. The molecule has 0 bridgehead atoms. The number of aryl methyl sites for hydroxylation is 1. The van der Waals surface area contributed by atoms with Crippen LogP contribution in [0.1, 0.15) is 17.2 Å². The second-order valence-electron chi connectivity index (χ2n) is 4.95. The number of benzene rings is 2. The molecule has 1 atom stereocenters. The molecule has 1 amide bonds. The third kappa shape index (κ3) is 5.16. The summed E-state index contributed by atoms with van der Waals surface area (Å²) in [6.07, 6.45) is -0.548. The van der Waals surface area contributed by atoms with E-state index < -0.39 is 6.10 Å². The molecule has 3 nitrogen and oxygen atoms in total. The standard InChI is InChI=1S/C17H18BrNO2S/c1-12-9-14(18)7-8-15(12)19-17(21)11-22-10-16(20)13-5-3-2-4-6-13/h2-9,16,20H,10-11H2,1H3,(H,19,21). The highest BCUT2D eigenvalue weighted by molar-refractivity contribution is 9.10. The molecular formula is C17H18BrNO2S. The number of aliphatic hydroxyl groups excluding tert-OH is 1. The van der Waals surface area contributed by atoms with E-state index in [-0.39, 0.29) is 5.91 Å². The summed E-state index contributed by atoms with van der Waals surface area (Å²) >= 11 is 4.82. The van der Waals surface area contributed by atoms with E-state index in [4.69, 9.17) is 0 Å². The first-order chi connectivity index (χ1) is 10.6. The maximum absolute atomic E-state index is 11.9. The van der Waals surface area contributed by atoms with Crippen molar-refractivity contribution in [3.8, 4) is 0 Å². The summed E-state index contributed by atoms with van der Waals surface area (Å²) in [5.74, 6) is 0.756. The summed E-state index contributed by atoms with van der Waals surface area (Å²) in [6, 6.07) is 15.2. The first-order valence-electron chi connectivity index (χ1n) is 6.93. The number of rotatable bonds is 6. The van der Waals surface area contributed by atoms with Crippen molar-refractivity contribution in [2.75, 3.05) is 16.8 Å². The zero-order chi connectivity index (χ0) is 15.9.